The van der Waals surface area contributed by atoms with Gasteiger partial charge in [0.05, 0.1) is 33.5 Å². The summed E-state index contributed by atoms with van der Waals surface area (Å²) in [7, 11) is 0. The quantitative estimate of drug-likeness (QED) is 0.947. The molecule has 102 valence electrons. The SMILES string of the molecule is O=C(NC1(c2ccc(Cl)c(Cl)c2)CC1)c1ccnnc1. The summed E-state index contributed by atoms with van der Waals surface area (Å²) in [5.41, 5.74) is 1.13. The van der Waals surface area contributed by atoms with Gasteiger partial charge in [-0.3, -0.25) is 4.79 Å². The van der Waals surface area contributed by atoms with Crippen LogP contribution in [-0.4, -0.2) is 16.1 Å². The highest BCUT2D eigenvalue weighted by molar-refractivity contribution is 6.42. The molecule has 1 amide bonds. The summed E-state index contributed by atoms with van der Waals surface area (Å²) in [6.07, 6.45) is 4.71. The van der Waals surface area contributed by atoms with Gasteiger partial charge in [0.2, 0.25) is 0 Å². The Balaban J connectivity index is 1.83. The Labute approximate surface area is 126 Å². The number of benzene rings is 1. The van der Waals surface area contributed by atoms with E-state index < -0.39 is 0 Å². The molecular weight excluding hydrogens is 297 g/mol. The van der Waals surface area contributed by atoms with E-state index in [-0.39, 0.29) is 11.4 Å². The lowest BCUT2D eigenvalue weighted by Gasteiger charge is -2.18. The van der Waals surface area contributed by atoms with Gasteiger partial charge in [-0.2, -0.15) is 10.2 Å². The fourth-order valence-electron chi connectivity index (χ4n) is 2.12. The van der Waals surface area contributed by atoms with Crippen LogP contribution in [0.1, 0.15) is 28.8 Å². The van der Waals surface area contributed by atoms with Crippen LogP contribution in [0.3, 0.4) is 0 Å². The molecule has 0 bridgehead atoms. The Morgan fingerprint density at radius 3 is 2.55 bits per heavy atom. The van der Waals surface area contributed by atoms with Crippen LogP contribution < -0.4 is 5.32 Å². The molecule has 2 aromatic rings. The molecule has 0 spiro atoms. The Morgan fingerprint density at radius 2 is 1.95 bits per heavy atom. The maximum absolute atomic E-state index is 12.2. The largest absolute Gasteiger partial charge is 0.342 e. The highest BCUT2D eigenvalue weighted by Crippen LogP contribution is 2.46. The highest BCUT2D eigenvalue weighted by atomic mass is 35.5. The van der Waals surface area contributed by atoms with Crippen molar-refractivity contribution in [3.63, 3.8) is 0 Å². The number of rotatable bonds is 3. The van der Waals surface area contributed by atoms with E-state index in [9.17, 15) is 4.79 Å². The van der Waals surface area contributed by atoms with Gasteiger partial charge in [-0.25, -0.2) is 0 Å². The molecule has 1 aromatic carbocycles. The average Bonchev–Trinajstić information content (AvgIpc) is 3.23. The Kier molecular flexibility index (Phi) is 3.36. The molecule has 0 radical (unpaired) electrons. The van der Waals surface area contributed by atoms with Crippen LogP contribution in [0, 0.1) is 0 Å². The van der Waals surface area contributed by atoms with Crippen molar-refractivity contribution in [2.75, 3.05) is 0 Å². The number of amides is 1. The molecule has 1 aromatic heterocycles. The van der Waals surface area contributed by atoms with Crippen molar-refractivity contribution >= 4 is 29.1 Å². The molecule has 4 nitrogen and oxygen atoms in total. The molecule has 0 saturated heterocycles. The molecule has 0 atom stereocenters. The lowest BCUT2D eigenvalue weighted by Crippen LogP contribution is -2.34. The average molecular weight is 308 g/mol. The second-order valence-electron chi connectivity index (χ2n) is 4.80. The predicted octanol–water partition coefficient (Wildman–Crippen LogP) is 3.20. The molecule has 3 rings (SSSR count). The minimum atomic E-state index is -0.339. The monoisotopic (exact) mass is 307 g/mol. The molecule has 20 heavy (non-hydrogen) atoms. The van der Waals surface area contributed by atoms with Crippen molar-refractivity contribution in [2.24, 2.45) is 0 Å². The first-order valence-corrected chi connectivity index (χ1v) is 6.91. The fourth-order valence-corrected chi connectivity index (χ4v) is 2.42. The second-order valence-corrected chi connectivity index (χ2v) is 5.61. The van der Waals surface area contributed by atoms with E-state index in [2.05, 4.69) is 15.5 Å². The molecule has 1 saturated carbocycles. The Hall–Kier alpha value is -1.65. The van der Waals surface area contributed by atoms with Crippen molar-refractivity contribution in [2.45, 2.75) is 18.4 Å². The summed E-state index contributed by atoms with van der Waals surface area (Å²) in [4.78, 5) is 12.2. The van der Waals surface area contributed by atoms with Crippen LogP contribution in [0.15, 0.2) is 36.7 Å². The molecule has 0 unspecified atom stereocenters. The summed E-state index contributed by atoms with van der Waals surface area (Å²) < 4.78 is 0. The molecule has 6 heteroatoms. The second kappa shape index (κ2) is 5.04. The number of hydrogen-bond donors (Lipinski definition) is 1. The first-order chi connectivity index (χ1) is 9.61. The van der Waals surface area contributed by atoms with E-state index in [1.807, 2.05) is 12.1 Å². The van der Waals surface area contributed by atoms with E-state index in [1.165, 1.54) is 12.4 Å². The smallest absolute Gasteiger partial charge is 0.253 e. The number of nitrogens with zero attached hydrogens (tertiary/aromatic N) is 2. The van der Waals surface area contributed by atoms with Gasteiger partial charge in [0.25, 0.3) is 5.91 Å². The maximum Gasteiger partial charge on any atom is 0.253 e. The summed E-state index contributed by atoms with van der Waals surface area (Å²) in [5.74, 6) is -0.163. The number of halogens is 2. The van der Waals surface area contributed by atoms with Crippen molar-refractivity contribution in [3.8, 4) is 0 Å². The third-order valence-electron chi connectivity index (χ3n) is 3.42. The standard InChI is InChI=1S/C14H11Cl2N3O/c15-11-2-1-10(7-12(11)16)14(4-5-14)19-13(20)9-3-6-17-18-8-9/h1-3,6-8H,4-5H2,(H,19,20). The van der Waals surface area contributed by atoms with E-state index in [4.69, 9.17) is 23.2 Å². The topological polar surface area (TPSA) is 54.9 Å². The van der Waals surface area contributed by atoms with Crippen LogP contribution >= 0.6 is 23.2 Å². The minimum absolute atomic E-state index is 0.163. The first-order valence-electron chi connectivity index (χ1n) is 6.15. The number of aromatic nitrogens is 2. The summed E-state index contributed by atoms with van der Waals surface area (Å²) in [6.45, 7) is 0. The zero-order chi connectivity index (χ0) is 14.2. The number of nitrogens with one attached hydrogen (secondary N) is 1. The van der Waals surface area contributed by atoms with E-state index in [0.29, 0.717) is 15.6 Å². The molecule has 1 fully saturated rings. The van der Waals surface area contributed by atoms with Gasteiger partial charge in [-0.05, 0) is 36.6 Å². The number of carbonyl (C=O) groups excluding carboxylic acids is 1. The zero-order valence-electron chi connectivity index (χ0n) is 10.4. The van der Waals surface area contributed by atoms with Gasteiger partial charge >= 0.3 is 0 Å². The van der Waals surface area contributed by atoms with Crippen LogP contribution in [0.2, 0.25) is 10.0 Å². The van der Waals surface area contributed by atoms with Gasteiger partial charge in [0, 0.05) is 0 Å². The molecule has 1 aliphatic carbocycles. The fraction of sp³-hybridized carbons (Fsp3) is 0.214. The summed E-state index contributed by atoms with van der Waals surface area (Å²) >= 11 is 12.0. The molecular formula is C14H11Cl2N3O. The minimum Gasteiger partial charge on any atom is -0.342 e. The highest BCUT2D eigenvalue weighted by Gasteiger charge is 2.46. The van der Waals surface area contributed by atoms with Crippen LogP contribution in [0.25, 0.3) is 0 Å². The number of carbonyl (C=O) groups is 1. The Morgan fingerprint density at radius 1 is 1.15 bits per heavy atom. The lowest BCUT2D eigenvalue weighted by atomic mass is 10.0. The van der Waals surface area contributed by atoms with Gasteiger partial charge < -0.3 is 5.32 Å². The third kappa shape index (κ3) is 2.49. The van der Waals surface area contributed by atoms with Crippen LogP contribution in [0.4, 0.5) is 0 Å². The van der Waals surface area contributed by atoms with E-state index >= 15 is 0 Å². The molecule has 1 heterocycles. The molecule has 0 aliphatic heterocycles. The van der Waals surface area contributed by atoms with E-state index in [0.717, 1.165) is 18.4 Å². The van der Waals surface area contributed by atoms with Gasteiger partial charge in [0.1, 0.15) is 0 Å². The summed E-state index contributed by atoms with van der Waals surface area (Å²) in [6, 6.07) is 7.08. The maximum atomic E-state index is 12.2. The zero-order valence-corrected chi connectivity index (χ0v) is 11.9. The predicted molar refractivity (Wildman–Crippen MR) is 76.9 cm³/mol. The molecule has 1 N–H and O–H groups in total. The van der Waals surface area contributed by atoms with Crippen molar-refractivity contribution in [3.05, 3.63) is 57.8 Å². The molecule has 1 aliphatic rings. The van der Waals surface area contributed by atoms with Gasteiger partial charge in [0.15, 0.2) is 0 Å². The van der Waals surface area contributed by atoms with Crippen LogP contribution in [0.5, 0.6) is 0 Å². The van der Waals surface area contributed by atoms with E-state index in [1.54, 1.807) is 12.1 Å². The summed E-state index contributed by atoms with van der Waals surface area (Å²) in [5, 5.41) is 11.4. The first kappa shape index (κ1) is 13.3. The lowest BCUT2D eigenvalue weighted by molar-refractivity contribution is 0.0930. The van der Waals surface area contributed by atoms with Crippen molar-refractivity contribution in [1.29, 1.82) is 0 Å². The normalized spacial score (nSPS) is 15.7. The van der Waals surface area contributed by atoms with Crippen LogP contribution in [-0.2, 0) is 5.54 Å². The number of hydrogen-bond acceptors (Lipinski definition) is 3. The van der Waals surface area contributed by atoms with Gasteiger partial charge in [-0.15, -0.1) is 0 Å². The van der Waals surface area contributed by atoms with Crippen molar-refractivity contribution < 1.29 is 4.79 Å². The third-order valence-corrected chi connectivity index (χ3v) is 4.16. The van der Waals surface area contributed by atoms with Crippen molar-refractivity contribution in [1.82, 2.24) is 15.5 Å². The Bertz CT molecular complexity index is 657. The van der Waals surface area contributed by atoms with Gasteiger partial charge in [-0.1, -0.05) is 29.3 Å².